The van der Waals surface area contributed by atoms with Crippen molar-refractivity contribution in [3.63, 3.8) is 0 Å². The summed E-state index contributed by atoms with van der Waals surface area (Å²) in [6, 6.07) is 5.24. The molecule has 0 saturated carbocycles. The van der Waals surface area contributed by atoms with Gasteiger partial charge >= 0.3 is 6.03 Å². The minimum atomic E-state index is -0.268. The topological polar surface area (TPSA) is 77.4 Å². The van der Waals surface area contributed by atoms with Gasteiger partial charge in [-0.1, -0.05) is 0 Å². The van der Waals surface area contributed by atoms with E-state index in [0.29, 0.717) is 25.5 Å². The van der Waals surface area contributed by atoms with Gasteiger partial charge in [-0.3, -0.25) is 0 Å². The number of nitrogens with zero attached hydrogens (tertiary/aromatic N) is 2. The number of hydrogen-bond acceptors (Lipinski definition) is 4. The molecule has 7 heteroatoms. The lowest BCUT2D eigenvalue weighted by molar-refractivity contribution is 0.0428. The minimum absolute atomic E-state index is 0.0889. The molecule has 0 bridgehead atoms. The van der Waals surface area contributed by atoms with Gasteiger partial charge in [0.15, 0.2) is 0 Å². The first-order valence-corrected chi connectivity index (χ1v) is 7.35. The molecule has 0 aliphatic carbocycles. The number of carbonyl (C=O) groups excluding carboxylic acids is 1. The second kappa shape index (κ2) is 6.33. The quantitative estimate of drug-likeness (QED) is 0.897. The molecule has 7 nitrogen and oxygen atoms in total. The van der Waals surface area contributed by atoms with Crippen molar-refractivity contribution >= 4 is 22.8 Å². The fourth-order valence-corrected chi connectivity index (χ4v) is 2.60. The Morgan fingerprint density at radius 3 is 3.18 bits per heavy atom. The Morgan fingerprint density at radius 1 is 1.50 bits per heavy atom. The number of nitrogens with one attached hydrogen (secondary N) is 2. The number of rotatable bonds is 4. The van der Waals surface area contributed by atoms with Crippen LogP contribution in [0.5, 0.6) is 0 Å². The van der Waals surface area contributed by atoms with Gasteiger partial charge in [0.05, 0.1) is 36.6 Å². The third-order valence-electron chi connectivity index (χ3n) is 3.71. The zero-order chi connectivity index (χ0) is 15.5. The molecule has 1 fully saturated rings. The zero-order valence-electron chi connectivity index (χ0n) is 12.7. The Balaban J connectivity index is 1.62. The van der Waals surface area contributed by atoms with Crippen LogP contribution in [0.25, 0.3) is 11.0 Å². The summed E-state index contributed by atoms with van der Waals surface area (Å²) < 4.78 is 12.8. The molecule has 2 amide bonds. The lowest BCUT2D eigenvalue weighted by Crippen LogP contribution is -2.45. The van der Waals surface area contributed by atoms with Crippen molar-refractivity contribution in [3.8, 4) is 0 Å². The van der Waals surface area contributed by atoms with E-state index in [9.17, 15) is 4.79 Å². The van der Waals surface area contributed by atoms with Gasteiger partial charge < -0.3 is 24.7 Å². The lowest BCUT2D eigenvalue weighted by atomic mass is 10.2. The van der Waals surface area contributed by atoms with E-state index in [4.69, 9.17) is 9.47 Å². The van der Waals surface area contributed by atoms with Crippen LogP contribution in [0, 0.1) is 0 Å². The number of urea groups is 1. The first kappa shape index (κ1) is 14.8. The molecule has 2 heterocycles. The maximum absolute atomic E-state index is 12.1. The van der Waals surface area contributed by atoms with E-state index in [1.54, 1.807) is 6.33 Å². The van der Waals surface area contributed by atoms with E-state index in [1.807, 2.05) is 36.7 Å². The third kappa shape index (κ3) is 3.05. The second-order valence-electron chi connectivity index (χ2n) is 5.30. The summed E-state index contributed by atoms with van der Waals surface area (Å²) in [5.74, 6) is 0. The number of benzene rings is 1. The first-order chi connectivity index (χ1) is 10.7. The summed E-state index contributed by atoms with van der Waals surface area (Å²) in [6.45, 7) is 3.51. The maximum atomic E-state index is 12.1. The van der Waals surface area contributed by atoms with E-state index >= 15 is 0 Å². The Kier molecular flexibility index (Phi) is 4.26. The monoisotopic (exact) mass is 304 g/mol. The third-order valence-corrected chi connectivity index (χ3v) is 3.71. The fraction of sp³-hybridized carbons (Fsp3) is 0.467. The minimum Gasteiger partial charge on any atom is -0.376 e. The predicted octanol–water partition coefficient (Wildman–Crippen LogP) is 1.50. The van der Waals surface area contributed by atoms with Crippen molar-refractivity contribution < 1.29 is 14.3 Å². The summed E-state index contributed by atoms with van der Waals surface area (Å²) >= 11 is 0. The van der Waals surface area contributed by atoms with Crippen molar-refractivity contribution in [3.05, 3.63) is 24.5 Å². The molecule has 1 aliphatic heterocycles. The van der Waals surface area contributed by atoms with Gasteiger partial charge in [-0.25, -0.2) is 9.78 Å². The number of ether oxygens (including phenoxy) is 2. The number of carbonyl (C=O) groups is 1. The van der Waals surface area contributed by atoms with Crippen molar-refractivity contribution in [2.24, 2.45) is 7.05 Å². The molecule has 0 unspecified atom stereocenters. The number of fused-ring (bicyclic) bond motifs is 1. The van der Waals surface area contributed by atoms with Crippen LogP contribution < -0.4 is 10.6 Å². The van der Waals surface area contributed by atoms with Crippen molar-refractivity contribution in [2.45, 2.75) is 19.1 Å². The Bertz CT molecular complexity index is 670. The number of amides is 2. The van der Waals surface area contributed by atoms with Crippen molar-refractivity contribution in [2.75, 3.05) is 25.1 Å². The average Bonchev–Trinajstić information content (AvgIpc) is 3.07. The summed E-state index contributed by atoms with van der Waals surface area (Å²) in [6.07, 6.45) is 1.66. The molecule has 2 N–H and O–H groups in total. The SMILES string of the molecule is CCO[C@H]1COC[C@@H]1NC(=O)Nc1ccc2c(c1)ncn2C. The summed E-state index contributed by atoms with van der Waals surface area (Å²) in [7, 11) is 1.93. The van der Waals surface area contributed by atoms with Crippen LogP contribution in [0.3, 0.4) is 0 Å². The average molecular weight is 304 g/mol. The van der Waals surface area contributed by atoms with Gasteiger partial charge in [0.1, 0.15) is 6.10 Å². The molecule has 3 rings (SSSR count). The van der Waals surface area contributed by atoms with Crippen molar-refractivity contribution in [1.82, 2.24) is 14.9 Å². The van der Waals surface area contributed by atoms with Crippen molar-refractivity contribution in [1.29, 1.82) is 0 Å². The van der Waals surface area contributed by atoms with Crippen LogP contribution in [0.4, 0.5) is 10.5 Å². The molecular weight excluding hydrogens is 284 g/mol. The lowest BCUT2D eigenvalue weighted by Gasteiger charge is -2.19. The highest BCUT2D eigenvalue weighted by Gasteiger charge is 2.30. The summed E-state index contributed by atoms with van der Waals surface area (Å²) in [4.78, 5) is 16.4. The van der Waals surface area contributed by atoms with Crippen LogP contribution >= 0.6 is 0 Å². The zero-order valence-corrected chi connectivity index (χ0v) is 12.7. The number of aromatic nitrogens is 2. The molecular formula is C15H20N4O3. The van der Waals surface area contributed by atoms with Crippen LogP contribution in [0.2, 0.25) is 0 Å². The Morgan fingerprint density at radius 2 is 2.36 bits per heavy atom. The predicted molar refractivity (Wildman–Crippen MR) is 82.9 cm³/mol. The summed E-state index contributed by atoms with van der Waals surface area (Å²) in [5, 5.41) is 5.71. The normalized spacial score (nSPS) is 21.2. The van der Waals surface area contributed by atoms with Crippen LogP contribution in [-0.2, 0) is 16.5 Å². The van der Waals surface area contributed by atoms with Gasteiger partial charge in [-0.2, -0.15) is 0 Å². The second-order valence-corrected chi connectivity index (χ2v) is 5.30. The van der Waals surface area contributed by atoms with E-state index in [-0.39, 0.29) is 18.2 Å². The Hall–Kier alpha value is -2.12. The van der Waals surface area contributed by atoms with Gasteiger partial charge in [0.25, 0.3) is 0 Å². The van der Waals surface area contributed by atoms with E-state index in [2.05, 4.69) is 15.6 Å². The van der Waals surface area contributed by atoms with Crippen LogP contribution in [0.1, 0.15) is 6.92 Å². The molecule has 2 atom stereocenters. The van der Waals surface area contributed by atoms with Gasteiger partial charge in [0, 0.05) is 19.3 Å². The molecule has 1 saturated heterocycles. The molecule has 0 radical (unpaired) electrons. The highest BCUT2D eigenvalue weighted by atomic mass is 16.5. The Labute approximate surface area is 128 Å². The highest BCUT2D eigenvalue weighted by Crippen LogP contribution is 2.17. The van der Waals surface area contributed by atoms with Crippen LogP contribution in [-0.4, -0.2) is 47.5 Å². The fourth-order valence-electron chi connectivity index (χ4n) is 2.60. The molecule has 1 aromatic heterocycles. The van der Waals surface area contributed by atoms with E-state index < -0.39 is 0 Å². The molecule has 1 aliphatic rings. The molecule has 22 heavy (non-hydrogen) atoms. The van der Waals surface area contributed by atoms with E-state index in [0.717, 1.165) is 11.0 Å². The molecule has 1 aromatic carbocycles. The molecule has 2 aromatic rings. The van der Waals surface area contributed by atoms with Gasteiger partial charge in [-0.15, -0.1) is 0 Å². The number of hydrogen-bond donors (Lipinski definition) is 2. The van der Waals surface area contributed by atoms with E-state index in [1.165, 1.54) is 0 Å². The molecule has 118 valence electrons. The first-order valence-electron chi connectivity index (χ1n) is 7.35. The standard InChI is InChI=1S/C15H20N4O3/c1-3-22-14-8-21-7-12(14)18-15(20)17-10-4-5-13-11(6-10)16-9-19(13)2/h4-6,9,12,14H,3,7-8H2,1-2H3,(H2,17,18,20)/t12-,14-/m0/s1. The number of imidazole rings is 1. The molecule has 0 spiro atoms. The van der Waals surface area contributed by atoms with Gasteiger partial charge in [-0.05, 0) is 25.1 Å². The van der Waals surface area contributed by atoms with Gasteiger partial charge in [0.2, 0.25) is 0 Å². The number of aryl methyl sites for hydroxylation is 1. The smallest absolute Gasteiger partial charge is 0.319 e. The number of anilines is 1. The maximum Gasteiger partial charge on any atom is 0.319 e. The summed E-state index contributed by atoms with van der Waals surface area (Å²) in [5.41, 5.74) is 2.57. The highest BCUT2D eigenvalue weighted by molar-refractivity contribution is 5.92. The largest absolute Gasteiger partial charge is 0.376 e. The van der Waals surface area contributed by atoms with Crippen LogP contribution in [0.15, 0.2) is 24.5 Å².